The Morgan fingerprint density at radius 1 is 1.26 bits per heavy atom. The van der Waals surface area contributed by atoms with Crippen LogP contribution in [0.1, 0.15) is 31.2 Å². The van der Waals surface area contributed by atoms with Crippen LogP contribution in [0.5, 0.6) is 0 Å². The van der Waals surface area contributed by atoms with E-state index in [0.29, 0.717) is 17.1 Å². The van der Waals surface area contributed by atoms with Gasteiger partial charge >= 0.3 is 0 Å². The predicted molar refractivity (Wildman–Crippen MR) is 105 cm³/mol. The number of nitrogens with zero attached hydrogens (tertiary/aromatic N) is 1. The van der Waals surface area contributed by atoms with E-state index >= 15 is 0 Å². The van der Waals surface area contributed by atoms with E-state index in [2.05, 4.69) is 15.8 Å². The number of hydrogen-bond acceptors (Lipinski definition) is 5. The van der Waals surface area contributed by atoms with Crippen molar-refractivity contribution in [3.05, 3.63) is 45.4 Å². The first-order valence-electron chi connectivity index (χ1n) is 7.97. The highest BCUT2D eigenvalue weighted by molar-refractivity contribution is 8.01. The van der Waals surface area contributed by atoms with Crippen molar-refractivity contribution in [2.24, 2.45) is 0 Å². The molecule has 1 aromatic carbocycles. The minimum absolute atomic E-state index is 0.0461. The molecule has 1 aromatic heterocycles. The second-order valence-corrected chi connectivity index (χ2v) is 7.99. The fourth-order valence-electron chi connectivity index (χ4n) is 2.16. The van der Waals surface area contributed by atoms with Gasteiger partial charge in [-0.1, -0.05) is 28.4 Å². The molecule has 2 unspecified atom stereocenters. The Morgan fingerprint density at radius 2 is 1.96 bits per heavy atom. The molecule has 1 heterocycles. The van der Waals surface area contributed by atoms with Gasteiger partial charge in [0.1, 0.15) is 11.6 Å². The summed E-state index contributed by atoms with van der Waals surface area (Å²) in [5.74, 6) is -0.267. The molecule has 0 saturated heterocycles. The minimum atomic E-state index is -0.611. The molecule has 2 N–H and O–H groups in total. The van der Waals surface area contributed by atoms with Gasteiger partial charge in [-0.05, 0) is 38.5 Å². The molecule has 10 heteroatoms. The standard InChI is InChI=1S/C17H18Cl2FN3O3S/c1-8-4-15(23-26-8)22-17(25)10(3)27-7-16(24)21-9(2)11-5-14(20)13(19)6-12(11)18/h4-6,9-10H,7H2,1-3H3,(H,21,24)(H,22,23,25). The highest BCUT2D eigenvalue weighted by atomic mass is 35.5. The first kappa shape index (κ1) is 21.5. The zero-order valence-corrected chi connectivity index (χ0v) is 17.1. The van der Waals surface area contributed by atoms with E-state index in [4.69, 9.17) is 27.7 Å². The lowest BCUT2D eigenvalue weighted by Gasteiger charge is -2.17. The Bertz CT molecular complexity index is 847. The smallest absolute Gasteiger partial charge is 0.238 e. The van der Waals surface area contributed by atoms with Gasteiger partial charge in [-0.3, -0.25) is 9.59 Å². The number of hydrogen-bond donors (Lipinski definition) is 2. The normalized spacial score (nSPS) is 13.1. The SMILES string of the molecule is Cc1cc(NC(=O)C(C)SCC(=O)NC(C)c2cc(F)c(Cl)cc2Cl)no1. The van der Waals surface area contributed by atoms with Gasteiger partial charge in [0, 0.05) is 11.1 Å². The molecular formula is C17H18Cl2FN3O3S. The monoisotopic (exact) mass is 433 g/mol. The van der Waals surface area contributed by atoms with E-state index in [-0.39, 0.29) is 27.6 Å². The van der Waals surface area contributed by atoms with Crippen LogP contribution in [0.2, 0.25) is 10.0 Å². The van der Waals surface area contributed by atoms with Crippen molar-refractivity contribution in [2.75, 3.05) is 11.1 Å². The molecule has 0 spiro atoms. The number of aromatic nitrogens is 1. The van der Waals surface area contributed by atoms with E-state index in [1.165, 1.54) is 12.1 Å². The summed E-state index contributed by atoms with van der Waals surface area (Å²) in [5, 5.41) is 8.69. The van der Waals surface area contributed by atoms with Crippen molar-refractivity contribution in [3.63, 3.8) is 0 Å². The molecule has 146 valence electrons. The number of anilines is 1. The molecule has 2 aromatic rings. The maximum absolute atomic E-state index is 13.6. The zero-order chi connectivity index (χ0) is 20.1. The second-order valence-electron chi connectivity index (χ2n) is 5.84. The molecule has 27 heavy (non-hydrogen) atoms. The summed E-state index contributed by atoms with van der Waals surface area (Å²) in [6.45, 7) is 5.07. The highest BCUT2D eigenvalue weighted by Gasteiger charge is 2.19. The Morgan fingerprint density at radius 3 is 2.59 bits per heavy atom. The maximum Gasteiger partial charge on any atom is 0.238 e. The Hall–Kier alpha value is -1.77. The number of amides is 2. The molecule has 6 nitrogen and oxygen atoms in total. The Kier molecular flexibility index (Phi) is 7.52. The number of aryl methyl sites for hydroxylation is 1. The lowest BCUT2D eigenvalue weighted by molar-refractivity contribution is -0.119. The number of carbonyl (C=O) groups excluding carboxylic acids is 2. The summed E-state index contributed by atoms with van der Waals surface area (Å²) in [4.78, 5) is 24.2. The first-order valence-corrected chi connectivity index (χ1v) is 9.77. The van der Waals surface area contributed by atoms with Gasteiger partial charge in [-0.25, -0.2) is 4.39 Å². The number of halogens is 3. The van der Waals surface area contributed by atoms with Crippen molar-refractivity contribution in [1.82, 2.24) is 10.5 Å². The van der Waals surface area contributed by atoms with Gasteiger partial charge in [-0.15, -0.1) is 11.8 Å². The molecule has 2 rings (SSSR count). The lowest BCUT2D eigenvalue weighted by Crippen LogP contribution is -2.30. The second kappa shape index (κ2) is 9.43. The largest absolute Gasteiger partial charge is 0.360 e. The fourth-order valence-corrected chi connectivity index (χ4v) is 3.40. The molecule has 0 saturated carbocycles. The minimum Gasteiger partial charge on any atom is -0.360 e. The van der Waals surface area contributed by atoms with Crippen molar-refractivity contribution in [3.8, 4) is 0 Å². The molecule has 0 fully saturated rings. The number of thioether (sulfide) groups is 1. The van der Waals surface area contributed by atoms with E-state index in [9.17, 15) is 14.0 Å². The Labute approximate surface area is 170 Å². The van der Waals surface area contributed by atoms with Crippen LogP contribution in [0.25, 0.3) is 0 Å². The van der Waals surface area contributed by atoms with Crippen molar-refractivity contribution >= 4 is 52.6 Å². The van der Waals surface area contributed by atoms with Gasteiger partial charge < -0.3 is 15.2 Å². The van der Waals surface area contributed by atoms with Crippen molar-refractivity contribution < 1.29 is 18.5 Å². The number of rotatable bonds is 7. The summed E-state index contributed by atoms with van der Waals surface area (Å²) in [5.41, 5.74) is 0.420. The quantitative estimate of drug-likeness (QED) is 0.633. The highest BCUT2D eigenvalue weighted by Crippen LogP contribution is 2.28. The fraction of sp³-hybridized carbons (Fsp3) is 0.353. The average Bonchev–Trinajstić information content (AvgIpc) is 3.00. The van der Waals surface area contributed by atoms with Gasteiger partial charge in [0.05, 0.1) is 22.1 Å². The molecule has 0 aliphatic rings. The zero-order valence-electron chi connectivity index (χ0n) is 14.8. The van der Waals surface area contributed by atoms with E-state index in [1.54, 1.807) is 26.8 Å². The summed E-state index contributed by atoms with van der Waals surface area (Å²) in [7, 11) is 0. The van der Waals surface area contributed by atoms with Crippen LogP contribution in [0.15, 0.2) is 22.7 Å². The number of benzene rings is 1. The third kappa shape index (κ3) is 6.12. The third-order valence-corrected chi connectivity index (χ3v) is 5.36. The van der Waals surface area contributed by atoms with Crippen molar-refractivity contribution in [1.29, 1.82) is 0 Å². The summed E-state index contributed by atoms with van der Waals surface area (Å²) in [6, 6.07) is 3.57. The van der Waals surface area contributed by atoms with Crippen LogP contribution in [-0.4, -0.2) is 28.0 Å². The third-order valence-electron chi connectivity index (χ3n) is 3.60. The molecule has 2 amide bonds. The molecule has 0 radical (unpaired) electrons. The Balaban J connectivity index is 1.84. The van der Waals surface area contributed by atoms with Crippen LogP contribution in [0.3, 0.4) is 0 Å². The van der Waals surface area contributed by atoms with E-state index in [1.807, 2.05) is 0 Å². The molecule has 0 aliphatic carbocycles. The van der Waals surface area contributed by atoms with Gasteiger partial charge in [0.15, 0.2) is 5.82 Å². The predicted octanol–water partition coefficient (Wildman–Crippen LogP) is 4.37. The van der Waals surface area contributed by atoms with Gasteiger partial charge in [-0.2, -0.15) is 0 Å². The van der Waals surface area contributed by atoms with E-state index < -0.39 is 17.1 Å². The van der Waals surface area contributed by atoms with Crippen LogP contribution >= 0.6 is 35.0 Å². The summed E-state index contributed by atoms with van der Waals surface area (Å²) < 4.78 is 18.5. The van der Waals surface area contributed by atoms with Crippen LogP contribution in [-0.2, 0) is 9.59 Å². The van der Waals surface area contributed by atoms with Gasteiger partial charge in [0.2, 0.25) is 11.8 Å². The van der Waals surface area contributed by atoms with E-state index in [0.717, 1.165) is 11.8 Å². The molecule has 0 bridgehead atoms. The first-order chi connectivity index (χ1) is 12.7. The van der Waals surface area contributed by atoms with Crippen LogP contribution in [0.4, 0.5) is 10.2 Å². The van der Waals surface area contributed by atoms with Crippen molar-refractivity contribution in [2.45, 2.75) is 32.1 Å². The van der Waals surface area contributed by atoms with Gasteiger partial charge in [0.25, 0.3) is 0 Å². The average molecular weight is 434 g/mol. The van der Waals surface area contributed by atoms with Crippen LogP contribution in [0, 0.1) is 12.7 Å². The number of nitrogens with one attached hydrogen (secondary N) is 2. The topological polar surface area (TPSA) is 84.2 Å². The molecular weight excluding hydrogens is 416 g/mol. The molecule has 0 aliphatic heterocycles. The maximum atomic E-state index is 13.6. The lowest BCUT2D eigenvalue weighted by atomic mass is 10.1. The molecule has 2 atom stereocenters. The summed E-state index contributed by atoms with van der Waals surface area (Å²) >= 11 is 12.9. The van der Waals surface area contributed by atoms with Crippen LogP contribution < -0.4 is 10.6 Å². The number of carbonyl (C=O) groups is 2. The summed E-state index contributed by atoms with van der Waals surface area (Å²) in [6.07, 6.45) is 0.